The van der Waals surface area contributed by atoms with E-state index in [0.29, 0.717) is 23.9 Å². The van der Waals surface area contributed by atoms with Crippen molar-refractivity contribution in [3.8, 4) is 17.0 Å². The highest BCUT2D eigenvalue weighted by Gasteiger charge is 2.42. The maximum atomic E-state index is 13.6. The maximum Gasteiger partial charge on any atom is 0.273 e. The second-order valence-corrected chi connectivity index (χ2v) is 9.40. The molecule has 5 nitrogen and oxygen atoms in total. The minimum absolute atomic E-state index is 0.0596. The molecule has 35 heavy (non-hydrogen) atoms. The standard InChI is InChI=1S/C29H28ClN3O2/c1-3-4-16-35-24-7-5-6-22(17-24)28-25-26(21-12-14-23(30)15-13-21)31-32-27(25)29(34)33(28)18-20-10-8-19(2)9-11-20/h5-15,17,28H,3-4,16,18H2,1-2H3,(H,31,32). The summed E-state index contributed by atoms with van der Waals surface area (Å²) in [5.41, 5.74) is 6.36. The van der Waals surface area contributed by atoms with Gasteiger partial charge in [-0.2, -0.15) is 5.10 Å². The Morgan fingerprint density at radius 3 is 2.57 bits per heavy atom. The molecule has 4 aromatic rings. The zero-order valence-corrected chi connectivity index (χ0v) is 20.7. The molecular weight excluding hydrogens is 458 g/mol. The van der Waals surface area contributed by atoms with E-state index in [-0.39, 0.29) is 11.9 Å². The third kappa shape index (κ3) is 4.69. The number of hydrogen-bond donors (Lipinski definition) is 1. The third-order valence-electron chi connectivity index (χ3n) is 6.40. The summed E-state index contributed by atoms with van der Waals surface area (Å²) >= 11 is 6.13. The first-order valence-electron chi connectivity index (χ1n) is 12.0. The van der Waals surface area contributed by atoms with E-state index in [2.05, 4.69) is 54.4 Å². The Morgan fingerprint density at radius 2 is 1.83 bits per heavy atom. The van der Waals surface area contributed by atoms with E-state index in [1.54, 1.807) is 0 Å². The Morgan fingerprint density at radius 1 is 1.06 bits per heavy atom. The van der Waals surface area contributed by atoms with Crippen LogP contribution in [0.5, 0.6) is 5.75 Å². The quantitative estimate of drug-likeness (QED) is 0.274. The highest BCUT2D eigenvalue weighted by Crippen LogP contribution is 2.44. The number of aromatic nitrogens is 2. The average Bonchev–Trinajstić information content (AvgIpc) is 3.40. The summed E-state index contributed by atoms with van der Waals surface area (Å²) in [7, 11) is 0. The van der Waals surface area contributed by atoms with Gasteiger partial charge in [-0.15, -0.1) is 0 Å². The molecule has 0 saturated carbocycles. The molecule has 0 spiro atoms. The van der Waals surface area contributed by atoms with Crippen LogP contribution in [0.2, 0.25) is 5.02 Å². The Kier molecular flexibility index (Phi) is 6.60. The molecule has 178 valence electrons. The van der Waals surface area contributed by atoms with E-state index < -0.39 is 0 Å². The second kappa shape index (κ2) is 9.96. The molecule has 1 aliphatic rings. The zero-order chi connectivity index (χ0) is 24.4. The van der Waals surface area contributed by atoms with Crippen molar-refractivity contribution in [2.45, 2.75) is 39.3 Å². The zero-order valence-electron chi connectivity index (χ0n) is 19.9. The number of aromatic amines is 1. The number of carbonyl (C=O) groups is 1. The fourth-order valence-electron chi connectivity index (χ4n) is 4.53. The van der Waals surface area contributed by atoms with Crippen molar-refractivity contribution in [2.24, 2.45) is 0 Å². The molecule has 0 aliphatic carbocycles. The Balaban J connectivity index is 1.58. The summed E-state index contributed by atoms with van der Waals surface area (Å²) < 4.78 is 6.00. The van der Waals surface area contributed by atoms with Crippen LogP contribution in [0, 0.1) is 6.92 Å². The van der Waals surface area contributed by atoms with Crippen LogP contribution in [0.3, 0.4) is 0 Å². The fraction of sp³-hybridized carbons (Fsp3) is 0.241. The van der Waals surface area contributed by atoms with Crippen LogP contribution in [0.1, 0.15) is 58.5 Å². The number of hydrogen-bond acceptors (Lipinski definition) is 3. The summed E-state index contributed by atoms with van der Waals surface area (Å²) in [6.45, 7) is 5.37. The summed E-state index contributed by atoms with van der Waals surface area (Å²) in [6.07, 6.45) is 2.07. The lowest BCUT2D eigenvalue weighted by Crippen LogP contribution is -2.29. The molecule has 1 N–H and O–H groups in total. The van der Waals surface area contributed by atoms with Crippen molar-refractivity contribution >= 4 is 17.5 Å². The van der Waals surface area contributed by atoms with Crippen molar-refractivity contribution in [3.05, 3.63) is 106 Å². The molecule has 1 atom stereocenters. The first-order valence-corrected chi connectivity index (χ1v) is 12.4. The molecule has 0 saturated heterocycles. The van der Waals surface area contributed by atoms with E-state index >= 15 is 0 Å². The first kappa shape index (κ1) is 23.2. The first-order chi connectivity index (χ1) is 17.0. The predicted octanol–water partition coefficient (Wildman–Crippen LogP) is 6.96. The number of ether oxygens (including phenoxy) is 1. The Bertz CT molecular complexity index is 1330. The number of nitrogens with zero attached hydrogens (tertiary/aromatic N) is 2. The molecule has 0 fully saturated rings. The molecule has 1 aromatic heterocycles. The molecular formula is C29H28ClN3O2. The summed E-state index contributed by atoms with van der Waals surface area (Å²) in [5, 5.41) is 8.24. The molecule has 1 unspecified atom stereocenters. The van der Waals surface area contributed by atoms with E-state index in [9.17, 15) is 4.79 Å². The molecule has 1 amide bonds. The molecule has 2 heterocycles. The summed E-state index contributed by atoms with van der Waals surface area (Å²) in [6, 6.07) is 23.6. The van der Waals surface area contributed by atoms with Gasteiger partial charge in [0, 0.05) is 22.7 Å². The number of nitrogens with one attached hydrogen (secondary N) is 1. The van der Waals surface area contributed by atoms with Crippen LogP contribution in [0.4, 0.5) is 0 Å². The number of aryl methyl sites for hydroxylation is 1. The van der Waals surface area contributed by atoms with Crippen LogP contribution in [0.25, 0.3) is 11.3 Å². The molecule has 1 aliphatic heterocycles. The largest absolute Gasteiger partial charge is 0.494 e. The van der Waals surface area contributed by atoms with Crippen LogP contribution in [-0.2, 0) is 6.54 Å². The lowest BCUT2D eigenvalue weighted by atomic mass is 9.95. The van der Waals surface area contributed by atoms with Gasteiger partial charge >= 0.3 is 0 Å². The normalized spacial score (nSPS) is 14.9. The van der Waals surface area contributed by atoms with Crippen LogP contribution >= 0.6 is 11.6 Å². The minimum atomic E-state index is -0.294. The van der Waals surface area contributed by atoms with Crippen molar-refractivity contribution in [2.75, 3.05) is 6.61 Å². The number of fused-ring (bicyclic) bond motifs is 1. The van der Waals surface area contributed by atoms with E-state index in [4.69, 9.17) is 16.3 Å². The minimum Gasteiger partial charge on any atom is -0.494 e. The lowest BCUT2D eigenvalue weighted by Gasteiger charge is -2.27. The lowest BCUT2D eigenvalue weighted by molar-refractivity contribution is 0.0730. The van der Waals surface area contributed by atoms with Gasteiger partial charge in [-0.25, -0.2) is 0 Å². The maximum absolute atomic E-state index is 13.6. The van der Waals surface area contributed by atoms with Gasteiger partial charge in [0.05, 0.1) is 18.3 Å². The predicted molar refractivity (Wildman–Crippen MR) is 139 cm³/mol. The second-order valence-electron chi connectivity index (χ2n) is 8.96. The molecule has 6 heteroatoms. The molecule has 5 rings (SSSR count). The number of carbonyl (C=O) groups excluding carboxylic acids is 1. The number of halogens is 1. The van der Waals surface area contributed by atoms with Gasteiger partial charge in [0.25, 0.3) is 5.91 Å². The summed E-state index contributed by atoms with van der Waals surface area (Å²) in [4.78, 5) is 15.6. The number of unbranched alkanes of at least 4 members (excludes halogenated alkanes) is 1. The number of benzene rings is 3. The summed E-state index contributed by atoms with van der Waals surface area (Å²) in [5.74, 6) is 0.749. The highest BCUT2D eigenvalue weighted by atomic mass is 35.5. The van der Waals surface area contributed by atoms with Gasteiger partial charge < -0.3 is 9.64 Å². The van der Waals surface area contributed by atoms with Crippen molar-refractivity contribution < 1.29 is 9.53 Å². The molecule has 3 aromatic carbocycles. The van der Waals surface area contributed by atoms with Gasteiger partial charge in [-0.05, 0) is 48.7 Å². The molecule has 0 bridgehead atoms. The Labute approximate surface area is 210 Å². The van der Waals surface area contributed by atoms with Crippen molar-refractivity contribution in [1.82, 2.24) is 15.1 Å². The molecule has 0 radical (unpaired) electrons. The number of rotatable bonds is 8. The third-order valence-corrected chi connectivity index (χ3v) is 6.65. The Hall–Kier alpha value is -3.57. The topological polar surface area (TPSA) is 58.2 Å². The number of H-pyrrole nitrogens is 1. The van der Waals surface area contributed by atoms with E-state index in [1.807, 2.05) is 47.4 Å². The van der Waals surface area contributed by atoms with Gasteiger partial charge in [0.1, 0.15) is 11.4 Å². The van der Waals surface area contributed by atoms with E-state index in [1.165, 1.54) is 5.56 Å². The van der Waals surface area contributed by atoms with Crippen molar-refractivity contribution in [1.29, 1.82) is 0 Å². The van der Waals surface area contributed by atoms with E-state index in [0.717, 1.165) is 46.5 Å². The smallest absolute Gasteiger partial charge is 0.273 e. The van der Waals surface area contributed by atoms with Crippen LogP contribution in [0.15, 0.2) is 72.8 Å². The fourth-order valence-corrected chi connectivity index (χ4v) is 4.66. The van der Waals surface area contributed by atoms with Crippen LogP contribution < -0.4 is 4.74 Å². The van der Waals surface area contributed by atoms with Crippen LogP contribution in [-0.4, -0.2) is 27.6 Å². The number of amides is 1. The highest BCUT2D eigenvalue weighted by molar-refractivity contribution is 6.30. The van der Waals surface area contributed by atoms with Crippen molar-refractivity contribution in [3.63, 3.8) is 0 Å². The average molecular weight is 486 g/mol. The SMILES string of the molecule is CCCCOc1cccc(C2c3c(-c4ccc(Cl)cc4)n[nH]c3C(=O)N2Cc2ccc(C)cc2)c1. The monoisotopic (exact) mass is 485 g/mol. The van der Waals surface area contributed by atoms with Gasteiger partial charge in [0.15, 0.2) is 0 Å². The van der Waals surface area contributed by atoms with Gasteiger partial charge in [-0.3, -0.25) is 9.89 Å². The van der Waals surface area contributed by atoms with Gasteiger partial charge in [0.2, 0.25) is 0 Å². The van der Waals surface area contributed by atoms with Gasteiger partial charge in [-0.1, -0.05) is 79.0 Å².